The van der Waals surface area contributed by atoms with Crippen LogP contribution in [0, 0.1) is 0 Å². The quantitative estimate of drug-likeness (QED) is 0.773. The van der Waals surface area contributed by atoms with Gasteiger partial charge in [-0.05, 0) is 25.5 Å². The Morgan fingerprint density at radius 1 is 1.50 bits per heavy atom. The average molecular weight is 194 g/mol. The SMILES string of the molecule is CCNC(C)Cc1ccc(OC)nc1. The number of hydrogen-bond donors (Lipinski definition) is 1. The third-order valence-electron chi connectivity index (χ3n) is 2.10. The van der Waals surface area contributed by atoms with Crippen molar-refractivity contribution in [3.8, 4) is 5.88 Å². The number of ether oxygens (including phenoxy) is 1. The third kappa shape index (κ3) is 3.34. The van der Waals surface area contributed by atoms with Crippen LogP contribution in [0.3, 0.4) is 0 Å². The highest BCUT2D eigenvalue weighted by Gasteiger charge is 2.02. The van der Waals surface area contributed by atoms with Gasteiger partial charge in [-0.3, -0.25) is 0 Å². The van der Waals surface area contributed by atoms with Crippen molar-refractivity contribution in [3.63, 3.8) is 0 Å². The molecule has 1 aromatic rings. The summed E-state index contributed by atoms with van der Waals surface area (Å²) < 4.78 is 4.99. The van der Waals surface area contributed by atoms with Gasteiger partial charge >= 0.3 is 0 Å². The molecule has 3 heteroatoms. The Hall–Kier alpha value is -1.09. The molecule has 14 heavy (non-hydrogen) atoms. The fourth-order valence-corrected chi connectivity index (χ4v) is 1.43. The van der Waals surface area contributed by atoms with Crippen LogP contribution in [0.1, 0.15) is 19.4 Å². The van der Waals surface area contributed by atoms with Crippen molar-refractivity contribution in [1.29, 1.82) is 0 Å². The fourth-order valence-electron chi connectivity index (χ4n) is 1.43. The van der Waals surface area contributed by atoms with Crippen molar-refractivity contribution >= 4 is 0 Å². The highest BCUT2D eigenvalue weighted by atomic mass is 16.5. The predicted molar refractivity (Wildman–Crippen MR) is 57.6 cm³/mol. The first-order valence-electron chi connectivity index (χ1n) is 4.98. The van der Waals surface area contributed by atoms with E-state index in [0.717, 1.165) is 13.0 Å². The van der Waals surface area contributed by atoms with Crippen molar-refractivity contribution in [3.05, 3.63) is 23.9 Å². The summed E-state index contributed by atoms with van der Waals surface area (Å²) in [6.07, 6.45) is 2.87. The van der Waals surface area contributed by atoms with Crippen LogP contribution in [0.25, 0.3) is 0 Å². The smallest absolute Gasteiger partial charge is 0.212 e. The fraction of sp³-hybridized carbons (Fsp3) is 0.545. The lowest BCUT2D eigenvalue weighted by atomic mass is 10.1. The summed E-state index contributed by atoms with van der Waals surface area (Å²) in [4.78, 5) is 4.16. The molecule has 0 amide bonds. The van der Waals surface area contributed by atoms with Crippen LogP contribution < -0.4 is 10.1 Å². The largest absolute Gasteiger partial charge is 0.481 e. The molecule has 0 spiro atoms. The maximum Gasteiger partial charge on any atom is 0.212 e. The summed E-state index contributed by atoms with van der Waals surface area (Å²) in [6.45, 7) is 5.29. The van der Waals surface area contributed by atoms with Gasteiger partial charge in [-0.1, -0.05) is 13.0 Å². The van der Waals surface area contributed by atoms with E-state index in [1.165, 1.54) is 5.56 Å². The molecule has 0 aromatic carbocycles. The van der Waals surface area contributed by atoms with Gasteiger partial charge in [-0.25, -0.2) is 4.98 Å². The number of pyridine rings is 1. The molecule has 3 nitrogen and oxygen atoms in total. The Morgan fingerprint density at radius 2 is 2.29 bits per heavy atom. The first-order chi connectivity index (χ1) is 6.76. The second kappa shape index (κ2) is 5.60. The van der Waals surface area contributed by atoms with Gasteiger partial charge in [0.05, 0.1) is 7.11 Å². The minimum Gasteiger partial charge on any atom is -0.481 e. The Balaban J connectivity index is 2.50. The highest BCUT2D eigenvalue weighted by Crippen LogP contribution is 2.08. The molecule has 1 heterocycles. The van der Waals surface area contributed by atoms with Gasteiger partial charge in [0.2, 0.25) is 5.88 Å². The van der Waals surface area contributed by atoms with Gasteiger partial charge in [0.25, 0.3) is 0 Å². The molecule has 78 valence electrons. The summed E-state index contributed by atoms with van der Waals surface area (Å²) >= 11 is 0. The molecule has 0 saturated carbocycles. The first kappa shape index (κ1) is 11.0. The van der Waals surface area contributed by atoms with Crippen LogP contribution in [0.2, 0.25) is 0 Å². The van der Waals surface area contributed by atoms with E-state index in [4.69, 9.17) is 4.74 Å². The summed E-state index contributed by atoms with van der Waals surface area (Å²) in [6, 6.07) is 4.45. The van der Waals surface area contributed by atoms with Crippen molar-refractivity contribution in [1.82, 2.24) is 10.3 Å². The van der Waals surface area contributed by atoms with Crippen LogP contribution >= 0.6 is 0 Å². The molecular formula is C11H18N2O. The third-order valence-corrected chi connectivity index (χ3v) is 2.10. The van der Waals surface area contributed by atoms with E-state index in [2.05, 4.69) is 30.2 Å². The maximum absolute atomic E-state index is 4.99. The Bertz CT molecular complexity index is 258. The number of methoxy groups -OCH3 is 1. The van der Waals surface area contributed by atoms with Crippen molar-refractivity contribution in [2.24, 2.45) is 0 Å². The molecule has 0 saturated heterocycles. The highest BCUT2D eigenvalue weighted by molar-refractivity contribution is 5.18. The molecule has 0 fully saturated rings. The molecule has 1 unspecified atom stereocenters. The molecule has 1 aromatic heterocycles. The Labute approximate surface area is 85.5 Å². The van der Waals surface area contributed by atoms with Crippen LogP contribution in [0.4, 0.5) is 0 Å². The lowest BCUT2D eigenvalue weighted by molar-refractivity contribution is 0.397. The zero-order valence-electron chi connectivity index (χ0n) is 9.08. The number of likely N-dealkylation sites (N-methyl/N-ethyl adjacent to an activating group) is 1. The zero-order valence-corrected chi connectivity index (χ0v) is 9.08. The molecular weight excluding hydrogens is 176 g/mol. The molecule has 1 atom stereocenters. The Kier molecular flexibility index (Phi) is 4.40. The van der Waals surface area contributed by atoms with Crippen LogP contribution in [0.5, 0.6) is 5.88 Å². The van der Waals surface area contributed by atoms with Gasteiger partial charge in [0.1, 0.15) is 0 Å². The predicted octanol–water partition coefficient (Wildman–Crippen LogP) is 1.63. The van der Waals surface area contributed by atoms with Gasteiger partial charge in [-0.15, -0.1) is 0 Å². The van der Waals surface area contributed by atoms with Crippen molar-refractivity contribution in [2.45, 2.75) is 26.3 Å². The summed E-state index contributed by atoms with van der Waals surface area (Å²) in [5.74, 6) is 0.671. The van der Waals surface area contributed by atoms with E-state index in [-0.39, 0.29) is 0 Å². The van der Waals surface area contributed by atoms with E-state index < -0.39 is 0 Å². The molecule has 0 aliphatic heterocycles. The average Bonchev–Trinajstić information content (AvgIpc) is 2.19. The standard InChI is InChI=1S/C11H18N2O/c1-4-12-9(2)7-10-5-6-11(14-3)13-8-10/h5-6,8-9,12H,4,7H2,1-3H3. The molecule has 0 aliphatic rings. The molecule has 1 rings (SSSR count). The van der Waals surface area contributed by atoms with E-state index in [1.807, 2.05) is 12.3 Å². The summed E-state index contributed by atoms with van der Waals surface area (Å²) in [7, 11) is 1.63. The van der Waals surface area contributed by atoms with Gasteiger partial charge < -0.3 is 10.1 Å². The summed E-state index contributed by atoms with van der Waals surface area (Å²) in [5, 5.41) is 3.36. The number of hydrogen-bond acceptors (Lipinski definition) is 3. The van der Waals surface area contributed by atoms with Gasteiger partial charge in [0.15, 0.2) is 0 Å². The number of aromatic nitrogens is 1. The van der Waals surface area contributed by atoms with Crippen LogP contribution in [-0.2, 0) is 6.42 Å². The zero-order chi connectivity index (χ0) is 10.4. The topological polar surface area (TPSA) is 34.1 Å². The molecule has 1 N–H and O–H groups in total. The van der Waals surface area contributed by atoms with E-state index in [9.17, 15) is 0 Å². The van der Waals surface area contributed by atoms with Crippen LogP contribution in [0.15, 0.2) is 18.3 Å². The molecule has 0 radical (unpaired) electrons. The van der Waals surface area contributed by atoms with E-state index >= 15 is 0 Å². The number of nitrogens with one attached hydrogen (secondary N) is 1. The number of nitrogens with zero attached hydrogens (tertiary/aromatic N) is 1. The van der Waals surface area contributed by atoms with Crippen LogP contribution in [-0.4, -0.2) is 24.7 Å². The summed E-state index contributed by atoms with van der Waals surface area (Å²) in [5.41, 5.74) is 1.24. The molecule has 0 bridgehead atoms. The lowest BCUT2D eigenvalue weighted by Gasteiger charge is -2.11. The second-order valence-corrected chi connectivity index (χ2v) is 3.37. The number of rotatable bonds is 5. The van der Waals surface area contributed by atoms with E-state index in [0.29, 0.717) is 11.9 Å². The van der Waals surface area contributed by atoms with Crippen molar-refractivity contribution < 1.29 is 4.74 Å². The van der Waals surface area contributed by atoms with Gasteiger partial charge in [0, 0.05) is 18.3 Å². The lowest BCUT2D eigenvalue weighted by Crippen LogP contribution is -2.27. The van der Waals surface area contributed by atoms with Gasteiger partial charge in [-0.2, -0.15) is 0 Å². The maximum atomic E-state index is 4.99. The van der Waals surface area contributed by atoms with E-state index in [1.54, 1.807) is 7.11 Å². The Morgan fingerprint density at radius 3 is 2.79 bits per heavy atom. The second-order valence-electron chi connectivity index (χ2n) is 3.37. The van der Waals surface area contributed by atoms with Crippen molar-refractivity contribution in [2.75, 3.05) is 13.7 Å². The minimum absolute atomic E-state index is 0.496. The monoisotopic (exact) mass is 194 g/mol. The molecule has 0 aliphatic carbocycles. The minimum atomic E-state index is 0.496. The normalized spacial score (nSPS) is 12.5. The first-order valence-corrected chi connectivity index (χ1v) is 4.98.